The number of imidazole rings is 1. The van der Waals surface area contributed by atoms with Crippen molar-refractivity contribution < 1.29 is 4.79 Å². The predicted octanol–water partition coefficient (Wildman–Crippen LogP) is 4.43. The van der Waals surface area contributed by atoms with Crippen LogP contribution in [0.2, 0.25) is 0 Å². The van der Waals surface area contributed by atoms with E-state index in [1.165, 1.54) is 24.0 Å². The van der Waals surface area contributed by atoms with Gasteiger partial charge in [0.1, 0.15) is 4.60 Å². The van der Waals surface area contributed by atoms with Crippen molar-refractivity contribution in [1.29, 1.82) is 0 Å². The molecule has 0 unspecified atom stereocenters. The fraction of sp³-hybridized carbons (Fsp3) is 0.278. The molecule has 5 nitrogen and oxygen atoms in total. The van der Waals surface area contributed by atoms with Gasteiger partial charge in [0.25, 0.3) is 0 Å². The van der Waals surface area contributed by atoms with Crippen molar-refractivity contribution in [3.63, 3.8) is 0 Å². The SMILES string of the molecule is Cc1ccc(-c2cnc3c(Br)nc(Br)cn23)cc1C.O=CNC1CC1. The molecular formula is C18H18Br2N4O. The molecule has 0 bridgehead atoms. The molecule has 0 saturated heterocycles. The lowest BCUT2D eigenvalue weighted by Gasteiger charge is -2.06. The smallest absolute Gasteiger partial charge is 0.207 e. The van der Waals surface area contributed by atoms with Gasteiger partial charge in [0.2, 0.25) is 6.41 Å². The third-order valence-corrected chi connectivity index (χ3v) is 5.02. The minimum absolute atomic E-state index is 0.530. The third-order valence-electron chi connectivity index (χ3n) is 4.11. The summed E-state index contributed by atoms with van der Waals surface area (Å²) in [6, 6.07) is 6.97. The fourth-order valence-corrected chi connectivity index (χ4v) is 3.49. The van der Waals surface area contributed by atoms with Crippen LogP contribution >= 0.6 is 31.9 Å². The number of carbonyl (C=O) groups excluding carboxylic acids is 1. The highest BCUT2D eigenvalue weighted by atomic mass is 79.9. The van der Waals surface area contributed by atoms with Crippen LogP contribution < -0.4 is 5.32 Å². The summed E-state index contributed by atoms with van der Waals surface area (Å²) in [5.74, 6) is 0. The lowest BCUT2D eigenvalue weighted by Crippen LogP contribution is -2.11. The molecule has 1 fully saturated rings. The molecule has 0 aliphatic heterocycles. The average molecular weight is 466 g/mol. The number of carbonyl (C=O) groups is 1. The molecule has 2 aromatic heterocycles. The number of amides is 1. The van der Waals surface area contributed by atoms with Crippen LogP contribution in [0.3, 0.4) is 0 Å². The molecule has 1 aliphatic carbocycles. The maximum absolute atomic E-state index is 9.54. The van der Waals surface area contributed by atoms with E-state index in [9.17, 15) is 4.79 Å². The summed E-state index contributed by atoms with van der Waals surface area (Å²) >= 11 is 6.85. The van der Waals surface area contributed by atoms with Gasteiger partial charge in [0.15, 0.2) is 10.3 Å². The summed E-state index contributed by atoms with van der Waals surface area (Å²) in [5.41, 5.74) is 5.60. The maximum Gasteiger partial charge on any atom is 0.207 e. The highest BCUT2D eigenvalue weighted by Gasteiger charge is 2.19. The number of aryl methyl sites for hydroxylation is 2. The Morgan fingerprint density at radius 3 is 2.60 bits per heavy atom. The second-order valence-electron chi connectivity index (χ2n) is 6.05. The molecule has 2 heterocycles. The summed E-state index contributed by atoms with van der Waals surface area (Å²) in [5, 5.41) is 2.64. The quantitative estimate of drug-likeness (QED) is 0.582. The number of fused-ring (bicyclic) bond motifs is 1. The van der Waals surface area contributed by atoms with E-state index in [4.69, 9.17) is 0 Å². The maximum atomic E-state index is 9.54. The number of aromatic nitrogens is 3. The summed E-state index contributed by atoms with van der Waals surface area (Å²) in [4.78, 5) is 18.3. The van der Waals surface area contributed by atoms with Crippen molar-refractivity contribution in [2.24, 2.45) is 0 Å². The fourth-order valence-electron chi connectivity index (χ4n) is 2.38. The first-order chi connectivity index (χ1) is 12.0. The topological polar surface area (TPSA) is 59.3 Å². The molecule has 7 heteroatoms. The summed E-state index contributed by atoms with van der Waals surface area (Å²) in [7, 11) is 0. The summed E-state index contributed by atoms with van der Waals surface area (Å²) < 4.78 is 3.54. The Bertz CT molecular complexity index is 919. The van der Waals surface area contributed by atoms with E-state index < -0.39 is 0 Å². The van der Waals surface area contributed by atoms with Crippen LogP contribution in [0.5, 0.6) is 0 Å². The molecule has 1 amide bonds. The van der Waals surface area contributed by atoms with Crippen LogP contribution in [0.15, 0.2) is 39.8 Å². The minimum atomic E-state index is 0.530. The molecule has 4 rings (SSSR count). The first kappa shape index (κ1) is 18.1. The second kappa shape index (κ2) is 7.66. The van der Waals surface area contributed by atoms with E-state index in [0.29, 0.717) is 6.04 Å². The first-order valence-corrected chi connectivity index (χ1v) is 9.54. The summed E-state index contributed by atoms with van der Waals surface area (Å²) in [6.45, 7) is 4.24. The zero-order valence-corrected chi connectivity index (χ0v) is 17.1. The van der Waals surface area contributed by atoms with E-state index in [0.717, 1.165) is 32.5 Å². The van der Waals surface area contributed by atoms with Gasteiger partial charge in [-0.15, -0.1) is 0 Å². The Kier molecular flexibility index (Phi) is 5.54. The molecule has 1 N–H and O–H groups in total. The van der Waals surface area contributed by atoms with E-state index in [1.807, 2.05) is 16.8 Å². The molecule has 25 heavy (non-hydrogen) atoms. The number of hydrogen-bond acceptors (Lipinski definition) is 3. The van der Waals surface area contributed by atoms with Crippen molar-refractivity contribution in [2.45, 2.75) is 32.7 Å². The van der Waals surface area contributed by atoms with Gasteiger partial charge in [-0.05, 0) is 75.7 Å². The Hall–Kier alpha value is -1.73. The number of hydrogen-bond donors (Lipinski definition) is 1. The van der Waals surface area contributed by atoms with E-state index in [2.05, 4.69) is 79.2 Å². The Morgan fingerprint density at radius 2 is 2.00 bits per heavy atom. The Balaban J connectivity index is 0.000000258. The standard InChI is InChI=1S/C14H11Br2N3.C4H7NO/c1-8-3-4-10(5-9(8)2)11-6-17-14-13(16)18-12(15)7-19(11)14;6-3-5-4-1-2-4/h3-7H,1-2H3;3-4H,1-2H2,(H,5,6). The Labute approximate surface area is 163 Å². The predicted molar refractivity (Wildman–Crippen MR) is 106 cm³/mol. The number of nitrogens with one attached hydrogen (secondary N) is 1. The zero-order valence-electron chi connectivity index (χ0n) is 14.0. The van der Waals surface area contributed by atoms with E-state index in [-0.39, 0.29) is 0 Å². The highest BCUT2D eigenvalue weighted by molar-refractivity contribution is 9.11. The molecule has 0 radical (unpaired) electrons. The van der Waals surface area contributed by atoms with Gasteiger partial charge in [-0.3, -0.25) is 9.20 Å². The van der Waals surface area contributed by atoms with Crippen LogP contribution in [0, 0.1) is 13.8 Å². The lowest BCUT2D eigenvalue weighted by atomic mass is 10.0. The Morgan fingerprint density at radius 1 is 1.24 bits per heavy atom. The van der Waals surface area contributed by atoms with Gasteiger partial charge in [-0.1, -0.05) is 12.1 Å². The third kappa shape index (κ3) is 4.27. The molecule has 1 saturated carbocycles. The van der Waals surface area contributed by atoms with Crippen LogP contribution in [0.25, 0.3) is 16.9 Å². The van der Waals surface area contributed by atoms with Crippen molar-refractivity contribution in [1.82, 2.24) is 19.7 Å². The average Bonchev–Trinajstić information content (AvgIpc) is 3.28. The van der Waals surface area contributed by atoms with Gasteiger partial charge in [-0.25, -0.2) is 9.97 Å². The largest absolute Gasteiger partial charge is 0.356 e. The lowest BCUT2D eigenvalue weighted by molar-refractivity contribution is -0.109. The number of benzene rings is 1. The molecular weight excluding hydrogens is 448 g/mol. The van der Waals surface area contributed by atoms with Gasteiger partial charge in [-0.2, -0.15) is 0 Å². The van der Waals surface area contributed by atoms with Crippen molar-refractivity contribution >= 4 is 43.9 Å². The second-order valence-corrected chi connectivity index (χ2v) is 7.61. The van der Waals surface area contributed by atoms with Gasteiger partial charge >= 0.3 is 0 Å². The van der Waals surface area contributed by atoms with Gasteiger partial charge < -0.3 is 5.32 Å². The number of rotatable bonds is 3. The van der Waals surface area contributed by atoms with Crippen LogP contribution in [-0.4, -0.2) is 26.8 Å². The van der Waals surface area contributed by atoms with Crippen molar-refractivity contribution in [3.8, 4) is 11.3 Å². The normalized spacial score (nSPS) is 13.3. The molecule has 1 aromatic carbocycles. The van der Waals surface area contributed by atoms with Crippen LogP contribution in [0.1, 0.15) is 24.0 Å². The van der Waals surface area contributed by atoms with Crippen LogP contribution in [0.4, 0.5) is 0 Å². The number of halogens is 2. The minimum Gasteiger partial charge on any atom is -0.356 e. The van der Waals surface area contributed by atoms with Gasteiger partial charge in [0, 0.05) is 17.8 Å². The summed E-state index contributed by atoms with van der Waals surface area (Å²) in [6.07, 6.45) is 6.92. The molecule has 0 spiro atoms. The molecule has 0 atom stereocenters. The number of nitrogens with zero attached hydrogens (tertiary/aromatic N) is 3. The molecule has 3 aromatic rings. The van der Waals surface area contributed by atoms with E-state index in [1.54, 1.807) is 0 Å². The molecule has 130 valence electrons. The zero-order chi connectivity index (χ0) is 18.0. The van der Waals surface area contributed by atoms with Crippen LogP contribution in [-0.2, 0) is 4.79 Å². The van der Waals surface area contributed by atoms with Gasteiger partial charge in [0.05, 0.1) is 11.9 Å². The van der Waals surface area contributed by atoms with E-state index >= 15 is 0 Å². The molecule has 1 aliphatic rings. The monoisotopic (exact) mass is 464 g/mol. The van der Waals surface area contributed by atoms with Crippen molar-refractivity contribution in [2.75, 3.05) is 0 Å². The van der Waals surface area contributed by atoms with Crippen molar-refractivity contribution in [3.05, 3.63) is 50.9 Å². The first-order valence-electron chi connectivity index (χ1n) is 7.96. The highest BCUT2D eigenvalue weighted by Crippen LogP contribution is 2.27.